The number of nitrogens with one attached hydrogen (secondary N) is 2. The number of para-hydroxylation sites is 1. The van der Waals surface area contributed by atoms with Crippen LogP contribution >= 0.6 is 0 Å². The highest BCUT2D eigenvalue weighted by molar-refractivity contribution is 5.93. The van der Waals surface area contributed by atoms with E-state index in [1.165, 1.54) is 31.5 Å². The van der Waals surface area contributed by atoms with E-state index in [0.29, 0.717) is 23.6 Å². The van der Waals surface area contributed by atoms with Crippen molar-refractivity contribution in [2.75, 3.05) is 0 Å². The highest BCUT2D eigenvalue weighted by Gasteiger charge is 2.28. The summed E-state index contributed by atoms with van der Waals surface area (Å²) in [4.78, 5) is 31.4. The van der Waals surface area contributed by atoms with Crippen molar-refractivity contribution in [3.63, 3.8) is 0 Å². The van der Waals surface area contributed by atoms with Crippen molar-refractivity contribution in [3.8, 4) is 11.5 Å². The highest BCUT2D eigenvalue weighted by Crippen LogP contribution is 2.27. The maximum absolute atomic E-state index is 12.8. The quantitative estimate of drug-likeness (QED) is 0.375. The summed E-state index contributed by atoms with van der Waals surface area (Å²) in [7, 11) is 0. The van der Waals surface area contributed by atoms with Gasteiger partial charge in [-0.25, -0.2) is 15.0 Å². The fourth-order valence-electron chi connectivity index (χ4n) is 5.20. The molecule has 0 bridgehead atoms. The van der Waals surface area contributed by atoms with E-state index in [1.807, 2.05) is 12.1 Å². The Morgan fingerprint density at radius 3 is 2.73 bits per heavy atom. The molecule has 0 spiro atoms. The molecule has 1 aromatic carbocycles. The average Bonchev–Trinajstić information content (AvgIpc) is 2.79. The largest absolute Gasteiger partial charge is 0.382 e. The molecule has 1 saturated heterocycles. The maximum atomic E-state index is 12.8. The van der Waals surface area contributed by atoms with Crippen LogP contribution in [0, 0.1) is 5.41 Å². The highest BCUT2D eigenvalue weighted by atomic mass is 16.1. The van der Waals surface area contributed by atoms with Gasteiger partial charge < -0.3 is 10.7 Å². The van der Waals surface area contributed by atoms with Crippen molar-refractivity contribution >= 4 is 16.9 Å². The standard InChI is InChI=1S/C25H33N7O/c1-15-7-4-8-16(2)32(15)17(3)9-5-10-18-11-6-12-19-21(18)31-25(33)22(29-19)24-28-14-13-20(30-24)23(26)27/h6,11-17H,4-5,7-10H2,1-3H3,(H3,26,27)(H,31,33). The Morgan fingerprint density at radius 1 is 1.24 bits per heavy atom. The summed E-state index contributed by atoms with van der Waals surface area (Å²) in [5.41, 5.74) is 8.13. The molecule has 8 heteroatoms. The van der Waals surface area contributed by atoms with Crippen LogP contribution in [0.15, 0.2) is 35.3 Å². The Kier molecular flexibility index (Phi) is 6.83. The molecule has 3 unspecified atom stereocenters. The number of piperidine rings is 1. The van der Waals surface area contributed by atoms with Crippen LogP contribution in [-0.4, -0.2) is 48.8 Å². The fraction of sp³-hybridized carbons (Fsp3) is 0.480. The van der Waals surface area contributed by atoms with Gasteiger partial charge in [-0.3, -0.25) is 15.1 Å². The van der Waals surface area contributed by atoms with E-state index >= 15 is 0 Å². The van der Waals surface area contributed by atoms with E-state index in [-0.39, 0.29) is 28.6 Å². The third kappa shape index (κ3) is 4.95. The molecule has 3 heterocycles. The second-order valence-electron chi connectivity index (χ2n) is 9.22. The number of aromatic nitrogens is 4. The van der Waals surface area contributed by atoms with Crippen LogP contribution in [0.1, 0.15) is 64.1 Å². The lowest BCUT2D eigenvalue weighted by molar-refractivity contribution is 0.0580. The van der Waals surface area contributed by atoms with Crippen molar-refractivity contribution in [3.05, 3.63) is 52.1 Å². The van der Waals surface area contributed by atoms with Crippen LogP contribution in [0.3, 0.4) is 0 Å². The minimum Gasteiger partial charge on any atom is -0.382 e. The van der Waals surface area contributed by atoms with Crippen LogP contribution in [-0.2, 0) is 6.42 Å². The van der Waals surface area contributed by atoms with Crippen LogP contribution < -0.4 is 11.3 Å². The smallest absolute Gasteiger partial charge is 0.278 e. The number of rotatable bonds is 7. The molecule has 4 N–H and O–H groups in total. The molecule has 0 aliphatic carbocycles. The minimum absolute atomic E-state index is 0.129. The number of amidine groups is 1. The van der Waals surface area contributed by atoms with Gasteiger partial charge >= 0.3 is 0 Å². The summed E-state index contributed by atoms with van der Waals surface area (Å²) in [6.07, 6.45) is 8.42. The van der Waals surface area contributed by atoms with Gasteiger partial charge in [0.2, 0.25) is 0 Å². The molecular formula is C25H33N7O. The van der Waals surface area contributed by atoms with E-state index in [0.717, 1.165) is 30.3 Å². The molecule has 1 aliphatic heterocycles. The van der Waals surface area contributed by atoms with E-state index in [4.69, 9.17) is 11.1 Å². The van der Waals surface area contributed by atoms with Crippen LogP contribution in [0.5, 0.6) is 0 Å². The van der Waals surface area contributed by atoms with Crippen LogP contribution in [0.25, 0.3) is 22.6 Å². The minimum atomic E-state index is -0.347. The second kappa shape index (κ2) is 9.79. The summed E-state index contributed by atoms with van der Waals surface area (Å²) in [5, 5.41) is 7.57. The first-order valence-electron chi connectivity index (χ1n) is 11.8. The van der Waals surface area contributed by atoms with Gasteiger partial charge in [-0.1, -0.05) is 18.6 Å². The Morgan fingerprint density at radius 2 is 2.00 bits per heavy atom. The van der Waals surface area contributed by atoms with Crippen molar-refractivity contribution in [2.24, 2.45) is 5.73 Å². The van der Waals surface area contributed by atoms with E-state index < -0.39 is 0 Å². The Balaban J connectivity index is 1.53. The van der Waals surface area contributed by atoms with Gasteiger partial charge in [-0.15, -0.1) is 0 Å². The molecule has 0 radical (unpaired) electrons. The predicted molar refractivity (Wildman–Crippen MR) is 131 cm³/mol. The summed E-state index contributed by atoms with van der Waals surface area (Å²) < 4.78 is 0. The first-order chi connectivity index (χ1) is 15.8. The molecule has 33 heavy (non-hydrogen) atoms. The Bertz CT molecular complexity index is 1190. The van der Waals surface area contributed by atoms with Gasteiger partial charge in [0.15, 0.2) is 11.5 Å². The molecule has 0 amide bonds. The SMILES string of the molecule is CC(CCCc1cccc2nc(-c3nccc(C(=N)N)n3)c(=O)[nH]c12)N1C(C)CCCC1C. The number of hydrogen-bond acceptors (Lipinski definition) is 6. The van der Waals surface area contributed by atoms with E-state index in [9.17, 15) is 4.79 Å². The monoisotopic (exact) mass is 447 g/mol. The second-order valence-corrected chi connectivity index (χ2v) is 9.22. The number of nitrogens with zero attached hydrogens (tertiary/aromatic N) is 4. The van der Waals surface area contributed by atoms with E-state index in [2.05, 4.69) is 51.7 Å². The third-order valence-electron chi connectivity index (χ3n) is 6.80. The van der Waals surface area contributed by atoms with Crippen molar-refractivity contribution in [1.29, 1.82) is 5.41 Å². The third-order valence-corrected chi connectivity index (χ3v) is 6.80. The molecular weight excluding hydrogens is 414 g/mol. The lowest BCUT2D eigenvalue weighted by Crippen LogP contribution is -2.48. The molecule has 8 nitrogen and oxygen atoms in total. The van der Waals surface area contributed by atoms with Crippen LogP contribution in [0.4, 0.5) is 0 Å². The zero-order valence-electron chi connectivity index (χ0n) is 19.6. The molecule has 2 aromatic heterocycles. The van der Waals surface area contributed by atoms with Crippen molar-refractivity contribution in [2.45, 2.75) is 77.4 Å². The Hall–Kier alpha value is -3.13. The zero-order chi connectivity index (χ0) is 23.5. The number of nitrogen functional groups attached to an aromatic ring is 1. The molecule has 174 valence electrons. The number of nitrogens with two attached hydrogens (primary N) is 1. The maximum Gasteiger partial charge on any atom is 0.278 e. The zero-order valence-corrected chi connectivity index (χ0v) is 19.6. The summed E-state index contributed by atoms with van der Waals surface area (Å²) in [6, 6.07) is 9.27. The molecule has 3 aromatic rings. The van der Waals surface area contributed by atoms with Gasteiger partial charge in [0.1, 0.15) is 11.5 Å². The molecule has 4 rings (SSSR count). The number of H-pyrrole nitrogens is 1. The first-order valence-corrected chi connectivity index (χ1v) is 11.8. The lowest BCUT2D eigenvalue weighted by Gasteiger charge is -2.43. The summed E-state index contributed by atoms with van der Waals surface area (Å²) >= 11 is 0. The summed E-state index contributed by atoms with van der Waals surface area (Å²) in [5.74, 6) is -0.0180. The topological polar surface area (TPSA) is 125 Å². The first kappa shape index (κ1) is 23.0. The normalized spacial score (nSPS) is 20.1. The number of hydrogen-bond donors (Lipinski definition) is 3. The van der Waals surface area contributed by atoms with Crippen molar-refractivity contribution < 1.29 is 0 Å². The average molecular weight is 448 g/mol. The summed E-state index contributed by atoms with van der Waals surface area (Å²) in [6.45, 7) is 7.04. The number of aromatic amines is 1. The lowest BCUT2D eigenvalue weighted by atomic mass is 9.93. The van der Waals surface area contributed by atoms with Crippen LogP contribution in [0.2, 0.25) is 0 Å². The molecule has 1 fully saturated rings. The Labute approximate surface area is 194 Å². The molecule has 0 saturated carbocycles. The number of aryl methyl sites for hydroxylation is 1. The fourth-order valence-corrected chi connectivity index (χ4v) is 5.20. The van der Waals surface area contributed by atoms with Gasteiger partial charge in [-0.2, -0.15) is 0 Å². The van der Waals surface area contributed by atoms with Gasteiger partial charge in [0, 0.05) is 24.3 Å². The van der Waals surface area contributed by atoms with E-state index in [1.54, 1.807) is 0 Å². The number of likely N-dealkylation sites (tertiary alicyclic amines) is 1. The number of fused-ring (bicyclic) bond motifs is 1. The molecule has 3 atom stereocenters. The predicted octanol–water partition coefficient (Wildman–Crippen LogP) is 3.64. The van der Waals surface area contributed by atoms with Crippen molar-refractivity contribution in [1.82, 2.24) is 24.8 Å². The van der Waals surface area contributed by atoms with Gasteiger partial charge in [-0.05, 0) is 70.6 Å². The van der Waals surface area contributed by atoms with Gasteiger partial charge in [0.05, 0.1) is 11.0 Å². The molecule has 1 aliphatic rings. The van der Waals surface area contributed by atoms with Gasteiger partial charge in [0.25, 0.3) is 5.56 Å². The number of benzene rings is 1.